The zero-order valence-electron chi connectivity index (χ0n) is 10.9. The van der Waals surface area contributed by atoms with Crippen molar-refractivity contribution >= 4 is 31.2 Å². The molecule has 0 aromatic carbocycles. The van der Waals surface area contributed by atoms with E-state index in [4.69, 9.17) is 0 Å². The molecule has 3 nitrogen and oxygen atoms in total. The molecule has 0 aromatic rings. The number of aliphatic hydroxyl groups excluding tert-OH is 1. The van der Waals surface area contributed by atoms with Crippen molar-refractivity contribution in [2.24, 2.45) is 0 Å². The first-order chi connectivity index (χ1) is 8.69. The minimum absolute atomic E-state index is 0.0688. The molecule has 1 heterocycles. The molecule has 0 radical (unpaired) electrons. The molecule has 1 rings (SSSR count). The van der Waals surface area contributed by atoms with E-state index in [-0.39, 0.29) is 18.6 Å². The Hall–Kier alpha value is 0.130. The van der Waals surface area contributed by atoms with Crippen molar-refractivity contribution in [1.29, 1.82) is 0 Å². The van der Waals surface area contributed by atoms with Crippen molar-refractivity contribution in [2.45, 2.75) is 56.2 Å². The zero-order valence-corrected chi connectivity index (χ0v) is 12.7. The second-order valence-electron chi connectivity index (χ2n) is 4.98. The van der Waals surface area contributed by atoms with Crippen LogP contribution in [0.3, 0.4) is 0 Å². The Morgan fingerprint density at radius 2 is 2.17 bits per heavy atom. The van der Waals surface area contributed by atoms with Crippen LogP contribution in [-0.4, -0.2) is 46.1 Å². The smallest absolute Gasteiger partial charge is 0.222 e. The van der Waals surface area contributed by atoms with Gasteiger partial charge in [-0.05, 0) is 37.9 Å². The van der Waals surface area contributed by atoms with Gasteiger partial charge in [-0.3, -0.25) is 4.79 Å². The van der Waals surface area contributed by atoms with Gasteiger partial charge in [-0.2, -0.15) is 25.3 Å². The lowest BCUT2D eigenvalue weighted by atomic mass is 10.1. The maximum atomic E-state index is 12.0. The fourth-order valence-electron chi connectivity index (χ4n) is 2.45. The lowest BCUT2D eigenvalue weighted by Crippen LogP contribution is -2.37. The van der Waals surface area contributed by atoms with E-state index in [2.05, 4.69) is 25.3 Å². The molecule has 2 atom stereocenters. The number of aliphatic hydroxyl groups is 1. The summed E-state index contributed by atoms with van der Waals surface area (Å²) in [6.45, 7) is 0.922. The van der Waals surface area contributed by atoms with Crippen LogP contribution in [0.25, 0.3) is 0 Å². The molecule has 1 aliphatic heterocycles. The number of likely N-dealkylation sites (tertiary alicyclic amines) is 1. The maximum Gasteiger partial charge on any atom is 0.222 e. The number of carbonyl (C=O) groups excluding carboxylic acids is 1. The molecule has 5 heteroatoms. The molecule has 0 bridgehead atoms. The van der Waals surface area contributed by atoms with Gasteiger partial charge in [0.15, 0.2) is 0 Å². The Morgan fingerprint density at radius 3 is 2.83 bits per heavy atom. The van der Waals surface area contributed by atoms with Crippen molar-refractivity contribution in [3.8, 4) is 0 Å². The minimum Gasteiger partial charge on any atom is -0.394 e. The number of hydrogen-bond acceptors (Lipinski definition) is 4. The Morgan fingerprint density at radius 1 is 1.39 bits per heavy atom. The minimum atomic E-state index is 0.0688. The highest BCUT2D eigenvalue weighted by Crippen LogP contribution is 2.19. The first-order valence-corrected chi connectivity index (χ1v) is 8.03. The summed E-state index contributed by atoms with van der Waals surface area (Å²) in [5, 5.41) is 9.59. The molecule has 1 amide bonds. The van der Waals surface area contributed by atoms with Crippen LogP contribution in [0.1, 0.15) is 44.9 Å². The number of unbranched alkanes of at least 4 members (excludes halogenated alkanes) is 1. The van der Waals surface area contributed by atoms with E-state index in [0.717, 1.165) is 50.8 Å². The van der Waals surface area contributed by atoms with Crippen LogP contribution >= 0.6 is 25.3 Å². The lowest BCUT2D eigenvalue weighted by molar-refractivity contribution is -0.132. The van der Waals surface area contributed by atoms with Gasteiger partial charge in [0.2, 0.25) is 5.91 Å². The molecule has 18 heavy (non-hydrogen) atoms. The molecule has 1 N–H and O–H groups in total. The molecular formula is C13H25NO2S2. The Balaban J connectivity index is 2.13. The molecule has 106 valence electrons. The van der Waals surface area contributed by atoms with E-state index in [1.54, 1.807) is 0 Å². The van der Waals surface area contributed by atoms with Crippen LogP contribution in [0.4, 0.5) is 0 Å². The molecule has 0 saturated carbocycles. The van der Waals surface area contributed by atoms with Crippen LogP contribution in [-0.2, 0) is 4.79 Å². The summed E-state index contributed by atoms with van der Waals surface area (Å²) in [7, 11) is 0. The normalized spacial score (nSPS) is 21.3. The van der Waals surface area contributed by atoms with Crippen LogP contribution in [0.15, 0.2) is 0 Å². The quantitative estimate of drug-likeness (QED) is 0.474. The highest BCUT2D eigenvalue weighted by Gasteiger charge is 2.27. The standard InChI is InChI=1S/C13H25NO2S2/c15-10-11-4-3-8-14(11)13(16)6-2-1-5-12(18)7-9-17/h11-12,15,17-18H,1-10H2. The molecule has 1 saturated heterocycles. The monoisotopic (exact) mass is 291 g/mol. The summed E-state index contributed by atoms with van der Waals surface area (Å²) in [6.07, 6.45) is 6.64. The summed E-state index contributed by atoms with van der Waals surface area (Å²) >= 11 is 8.66. The topological polar surface area (TPSA) is 40.5 Å². The number of nitrogens with zero attached hydrogens (tertiary/aromatic N) is 1. The number of thiol groups is 2. The molecule has 2 unspecified atom stereocenters. The van der Waals surface area contributed by atoms with E-state index >= 15 is 0 Å². The van der Waals surface area contributed by atoms with Crippen LogP contribution in [0.5, 0.6) is 0 Å². The molecule has 0 aromatic heterocycles. The van der Waals surface area contributed by atoms with Gasteiger partial charge in [-0.15, -0.1) is 0 Å². The predicted octanol–water partition coefficient (Wildman–Crippen LogP) is 2.15. The molecule has 0 spiro atoms. The number of carbonyl (C=O) groups is 1. The number of hydrogen-bond donors (Lipinski definition) is 3. The van der Waals surface area contributed by atoms with Crippen molar-refractivity contribution < 1.29 is 9.90 Å². The van der Waals surface area contributed by atoms with Crippen molar-refractivity contribution in [1.82, 2.24) is 4.90 Å². The fourth-order valence-corrected chi connectivity index (χ4v) is 3.27. The Labute approximate surface area is 121 Å². The highest BCUT2D eigenvalue weighted by atomic mass is 32.1. The lowest BCUT2D eigenvalue weighted by Gasteiger charge is -2.23. The number of rotatable bonds is 8. The van der Waals surface area contributed by atoms with Gasteiger partial charge in [0.25, 0.3) is 0 Å². The third-order valence-corrected chi connectivity index (χ3v) is 4.32. The highest BCUT2D eigenvalue weighted by molar-refractivity contribution is 7.81. The summed E-state index contributed by atoms with van der Waals surface area (Å²) in [5.74, 6) is 1.08. The van der Waals surface area contributed by atoms with Gasteiger partial charge in [-0.25, -0.2) is 0 Å². The van der Waals surface area contributed by atoms with E-state index < -0.39 is 0 Å². The summed E-state index contributed by atoms with van der Waals surface area (Å²) < 4.78 is 0. The molecule has 0 aliphatic carbocycles. The molecule has 1 fully saturated rings. The maximum absolute atomic E-state index is 12.0. The van der Waals surface area contributed by atoms with Crippen LogP contribution in [0.2, 0.25) is 0 Å². The van der Waals surface area contributed by atoms with Gasteiger partial charge >= 0.3 is 0 Å². The van der Waals surface area contributed by atoms with Crippen LogP contribution < -0.4 is 0 Å². The fraction of sp³-hybridized carbons (Fsp3) is 0.923. The van der Waals surface area contributed by atoms with Gasteiger partial charge in [0, 0.05) is 18.2 Å². The Bertz CT molecular complexity index is 251. The van der Waals surface area contributed by atoms with Gasteiger partial charge in [-0.1, -0.05) is 6.42 Å². The predicted molar refractivity (Wildman–Crippen MR) is 81.5 cm³/mol. The third kappa shape index (κ3) is 5.41. The summed E-state index contributed by atoms with van der Waals surface area (Å²) in [4.78, 5) is 13.8. The van der Waals surface area contributed by atoms with E-state index in [1.165, 1.54) is 0 Å². The average molecular weight is 291 g/mol. The summed E-state index contributed by atoms with van der Waals surface area (Å²) in [6, 6.07) is 0.0688. The second kappa shape index (κ2) is 9.10. The van der Waals surface area contributed by atoms with E-state index in [9.17, 15) is 9.90 Å². The van der Waals surface area contributed by atoms with Crippen molar-refractivity contribution in [3.05, 3.63) is 0 Å². The van der Waals surface area contributed by atoms with E-state index in [1.807, 2.05) is 4.90 Å². The number of amides is 1. The molecular weight excluding hydrogens is 266 g/mol. The van der Waals surface area contributed by atoms with Gasteiger partial charge in [0.05, 0.1) is 12.6 Å². The first-order valence-electron chi connectivity index (χ1n) is 6.88. The largest absolute Gasteiger partial charge is 0.394 e. The summed E-state index contributed by atoms with van der Waals surface area (Å²) in [5.41, 5.74) is 0. The zero-order chi connectivity index (χ0) is 13.4. The molecule has 1 aliphatic rings. The van der Waals surface area contributed by atoms with Crippen LogP contribution in [0, 0.1) is 0 Å². The van der Waals surface area contributed by atoms with Crippen molar-refractivity contribution in [3.63, 3.8) is 0 Å². The van der Waals surface area contributed by atoms with E-state index in [0.29, 0.717) is 11.7 Å². The first kappa shape index (κ1) is 16.2. The SMILES string of the molecule is O=C(CCCCC(S)CCS)N1CCCC1CO. The van der Waals surface area contributed by atoms with Crippen molar-refractivity contribution in [2.75, 3.05) is 18.9 Å². The van der Waals surface area contributed by atoms with Gasteiger partial charge in [0.1, 0.15) is 0 Å². The van der Waals surface area contributed by atoms with Gasteiger partial charge < -0.3 is 10.0 Å². The second-order valence-corrected chi connectivity index (χ2v) is 6.16. The average Bonchev–Trinajstić information content (AvgIpc) is 2.83. The Kier molecular flexibility index (Phi) is 8.18. The third-order valence-electron chi connectivity index (χ3n) is 3.55.